The zero-order valence-corrected chi connectivity index (χ0v) is 52.5. The van der Waals surface area contributed by atoms with Gasteiger partial charge in [0.15, 0.2) is 12.2 Å². The number of nitrogens with zero attached hydrogens (tertiary/aromatic N) is 8. The highest BCUT2D eigenvalue weighted by Crippen LogP contribution is 2.30. The van der Waals surface area contributed by atoms with E-state index >= 15 is 0 Å². The molecule has 39 nitrogen and oxygen atoms in total. The second-order valence-corrected chi connectivity index (χ2v) is 21.3. The number of rotatable bonds is 44. The van der Waals surface area contributed by atoms with Crippen LogP contribution in [0.3, 0.4) is 0 Å². The Morgan fingerprint density at radius 3 is 1.28 bits per heavy atom. The fourth-order valence-electron chi connectivity index (χ4n) is 8.81. The molecule has 10 atom stereocenters. The molecule has 0 spiro atoms. The van der Waals surface area contributed by atoms with Crippen molar-refractivity contribution in [3.05, 3.63) is 82.4 Å². The molecule has 2 saturated heterocycles. The number of oxime groups is 1. The number of carbonyl (C=O) groups excluding carboxylic acids is 4. The maximum atomic E-state index is 13.5. The molecule has 0 bridgehead atoms. The van der Waals surface area contributed by atoms with Gasteiger partial charge in [-0.1, -0.05) is 27.7 Å². The van der Waals surface area contributed by atoms with E-state index in [4.69, 9.17) is 73.1 Å². The number of ether oxygens (including phenoxy) is 12. The Labute approximate surface area is 547 Å². The van der Waals surface area contributed by atoms with Crippen molar-refractivity contribution >= 4 is 41.7 Å². The van der Waals surface area contributed by atoms with Crippen molar-refractivity contribution < 1.29 is 131 Å². The van der Waals surface area contributed by atoms with Crippen molar-refractivity contribution in [2.45, 2.75) is 115 Å². The third-order valence-corrected chi connectivity index (χ3v) is 13.8. The predicted octanol–water partition coefficient (Wildman–Crippen LogP) is -4.02. The smallest absolute Gasteiger partial charge is 0.404 e. The SMILES string of the molecule is CC(C)=NOCCOCCOCCN(CCOCCOCCn1cc(CNC(=O)c2cc(COC(N)=O)ccc2O[C@@H]2O[C@H](C(=O)O)[C@@H](O)[C@H](O)[C@H]2O)nn1)CCOCCOCCn1cc(CNC(=O)c2cc(COC(N)=O)ccc2O[C@@H]2O[C@H](C(=O)O)[C@@H](O)[C@H](O)[C@H]2O)nn1. The van der Waals surface area contributed by atoms with Crippen LogP contribution in [-0.4, -0.2) is 284 Å². The number of amides is 4. The number of aliphatic carboxylic acids is 2. The fourth-order valence-corrected chi connectivity index (χ4v) is 8.81. The zero-order chi connectivity index (χ0) is 69.5. The monoisotopic (exact) mass is 1370 g/mol. The highest BCUT2D eigenvalue weighted by molar-refractivity contribution is 5.97. The molecule has 0 saturated carbocycles. The molecule has 4 aromatic rings. The maximum absolute atomic E-state index is 13.5. The van der Waals surface area contributed by atoms with Gasteiger partial charge in [-0.15, -0.1) is 10.2 Å². The molecule has 14 N–H and O–H groups in total. The Hall–Kier alpha value is -8.39. The molecule has 2 aliphatic rings. The number of aromatic nitrogens is 6. The van der Waals surface area contributed by atoms with Crippen LogP contribution in [0.2, 0.25) is 0 Å². The minimum Gasteiger partial charge on any atom is -0.479 e. The van der Waals surface area contributed by atoms with Crippen LogP contribution in [0.25, 0.3) is 0 Å². The predicted molar refractivity (Wildman–Crippen MR) is 320 cm³/mol. The van der Waals surface area contributed by atoms with E-state index in [-0.39, 0.29) is 88.6 Å². The van der Waals surface area contributed by atoms with Crippen LogP contribution in [0.15, 0.2) is 53.9 Å². The molecule has 532 valence electrons. The van der Waals surface area contributed by atoms with Gasteiger partial charge in [-0.3, -0.25) is 14.5 Å². The van der Waals surface area contributed by atoms with Crippen LogP contribution in [0.5, 0.6) is 11.5 Å². The van der Waals surface area contributed by atoms with E-state index in [0.717, 1.165) is 5.71 Å². The molecule has 2 aromatic carbocycles. The quantitative estimate of drug-likeness (QED) is 0.0114. The largest absolute Gasteiger partial charge is 0.479 e. The van der Waals surface area contributed by atoms with E-state index in [0.29, 0.717) is 101 Å². The number of carboxylic acids is 2. The number of nitrogens with one attached hydrogen (secondary N) is 2. The Bertz CT molecular complexity index is 2940. The summed E-state index contributed by atoms with van der Waals surface area (Å²) in [4.78, 5) is 80.1. The molecule has 2 aromatic heterocycles. The van der Waals surface area contributed by atoms with Gasteiger partial charge in [0.05, 0.1) is 135 Å². The number of hydrogen-bond acceptors (Lipinski definition) is 31. The molecule has 39 heteroatoms. The van der Waals surface area contributed by atoms with E-state index in [1.165, 1.54) is 45.8 Å². The summed E-state index contributed by atoms with van der Waals surface area (Å²) < 4.78 is 69.0. The zero-order valence-electron chi connectivity index (χ0n) is 52.5. The molecule has 0 unspecified atom stereocenters. The van der Waals surface area contributed by atoms with Gasteiger partial charge in [-0.25, -0.2) is 28.5 Å². The summed E-state index contributed by atoms with van der Waals surface area (Å²) in [6, 6.07) is 7.92. The van der Waals surface area contributed by atoms with Crippen molar-refractivity contribution in [2.75, 3.05) is 106 Å². The first-order valence-corrected chi connectivity index (χ1v) is 30.0. The number of nitrogens with two attached hydrogens (primary N) is 2. The summed E-state index contributed by atoms with van der Waals surface area (Å²) >= 11 is 0. The van der Waals surface area contributed by atoms with Crippen molar-refractivity contribution in [1.82, 2.24) is 45.5 Å². The van der Waals surface area contributed by atoms with Crippen LogP contribution in [0.1, 0.15) is 57.1 Å². The van der Waals surface area contributed by atoms with E-state index in [2.05, 4.69) is 41.3 Å². The fraction of sp³-hybridized carbons (Fsp3) is 0.596. The second-order valence-electron chi connectivity index (χ2n) is 21.3. The highest BCUT2D eigenvalue weighted by atomic mass is 16.7. The van der Waals surface area contributed by atoms with Crippen LogP contribution in [-0.2, 0) is 101 Å². The molecular weight excluding hydrogens is 1280 g/mol. The van der Waals surface area contributed by atoms with E-state index in [1.54, 1.807) is 12.4 Å². The Balaban J connectivity index is 0.883. The van der Waals surface area contributed by atoms with Crippen molar-refractivity contribution in [1.29, 1.82) is 0 Å². The second kappa shape index (κ2) is 40.2. The topological polar surface area (TPSA) is 537 Å². The van der Waals surface area contributed by atoms with Crippen LogP contribution >= 0.6 is 0 Å². The van der Waals surface area contributed by atoms with Gasteiger partial charge in [0.1, 0.15) is 79.3 Å². The minimum atomic E-state index is -1.98. The van der Waals surface area contributed by atoms with Crippen molar-refractivity contribution in [2.24, 2.45) is 16.6 Å². The number of benzene rings is 2. The Kier molecular flexibility index (Phi) is 32.1. The summed E-state index contributed by atoms with van der Waals surface area (Å²) in [5, 5.41) is 106. The van der Waals surface area contributed by atoms with Crippen LogP contribution in [0.4, 0.5) is 9.59 Å². The van der Waals surface area contributed by atoms with Gasteiger partial charge in [-0.05, 0) is 49.2 Å². The van der Waals surface area contributed by atoms with Crippen molar-refractivity contribution in [3.63, 3.8) is 0 Å². The van der Waals surface area contributed by atoms with Crippen LogP contribution < -0.4 is 31.6 Å². The first-order valence-electron chi connectivity index (χ1n) is 30.0. The van der Waals surface area contributed by atoms with Crippen molar-refractivity contribution in [3.8, 4) is 11.5 Å². The van der Waals surface area contributed by atoms with Gasteiger partial charge in [0.25, 0.3) is 11.8 Å². The molecule has 0 radical (unpaired) electrons. The molecular formula is C57H82N12O27. The standard InChI is InChI=1S/C57H82N12O27/c1-33(2)64-92-24-23-89-22-21-86-14-9-67(7-12-84-17-19-87-15-10-68-29-36(62-65-68)27-60-50(76)38-25-34(31-90-56(58)82)3-5-40(38)93-54-46(74)42(70)44(72)48(95-54)52(78)79)8-13-85-18-20-88-16-11-69-30-37(63-66-69)28-61-51(77)39-26-35(32-91-57(59)83)4-6-41(39)94-55-47(75)43(71)45(73)49(96-55)53(80)81/h3-6,25-26,29-30,42-49,54-55,70-75H,7-24,27-28,31-32H2,1-2H3,(H2,58,82)(H2,59,83)(H,60,76)(H,61,77)(H,78,79)(H,80,81)/t42-,43-,44-,45-,46+,47+,48-,49-,54+,55+/m0/s1. The highest BCUT2D eigenvalue weighted by Gasteiger charge is 2.49. The normalized spacial score (nSPS) is 20.8. The summed E-state index contributed by atoms with van der Waals surface area (Å²) in [7, 11) is 0. The number of primary amides is 2. The average Bonchev–Trinajstić information content (AvgIpc) is 1.02. The molecule has 96 heavy (non-hydrogen) atoms. The number of carboxylic acid groups (broad SMARTS) is 2. The molecule has 0 aliphatic carbocycles. The average molecular weight is 1370 g/mol. The van der Waals surface area contributed by atoms with Gasteiger partial charge >= 0.3 is 24.1 Å². The molecule has 4 heterocycles. The third kappa shape index (κ3) is 25.6. The number of aliphatic hydroxyl groups excluding tert-OH is 6. The number of carbonyl (C=O) groups is 6. The molecule has 2 aliphatic heterocycles. The first-order chi connectivity index (χ1) is 46.1. The Morgan fingerprint density at radius 1 is 0.531 bits per heavy atom. The van der Waals surface area contributed by atoms with E-state index in [9.17, 15) is 69.6 Å². The third-order valence-electron chi connectivity index (χ3n) is 13.8. The summed E-state index contributed by atoms with van der Waals surface area (Å²) in [5.74, 6) is -5.20. The van der Waals surface area contributed by atoms with Gasteiger partial charge < -0.3 is 125 Å². The summed E-state index contributed by atoms with van der Waals surface area (Å²) in [6.45, 7) is 9.17. The lowest BCUT2D eigenvalue weighted by Crippen LogP contribution is -2.61. The minimum absolute atomic E-state index is 0.128. The molecule has 2 fully saturated rings. The van der Waals surface area contributed by atoms with Crippen LogP contribution in [0, 0.1) is 0 Å². The Morgan fingerprint density at radius 2 is 0.906 bits per heavy atom. The van der Waals surface area contributed by atoms with Gasteiger partial charge in [0.2, 0.25) is 12.6 Å². The lowest BCUT2D eigenvalue weighted by Gasteiger charge is -2.38. The van der Waals surface area contributed by atoms with Gasteiger partial charge in [0, 0.05) is 19.6 Å². The molecule has 6 rings (SSSR count). The van der Waals surface area contributed by atoms with E-state index in [1.807, 2.05) is 13.8 Å². The number of hydrogen-bond donors (Lipinski definition) is 12. The van der Waals surface area contributed by atoms with Gasteiger partial charge in [-0.2, -0.15) is 0 Å². The number of aliphatic hydroxyl groups is 6. The lowest BCUT2D eigenvalue weighted by molar-refractivity contribution is -0.271. The first kappa shape index (κ1) is 76.6. The summed E-state index contributed by atoms with van der Waals surface area (Å²) in [6.07, 6.45) is -18.3. The van der Waals surface area contributed by atoms with E-state index < -0.39 is 97.4 Å². The lowest BCUT2D eigenvalue weighted by atomic mass is 9.99. The maximum Gasteiger partial charge on any atom is 0.404 e. The molecule has 4 amide bonds. The summed E-state index contributed by atoms with van der Waals surface area (Å²) in [5.41, 5.74) is 12.0.